The van der Waals surface area contributed by atoms with Gasteiger partial charge in [-0.1, -0.05) is 11.6 Å². The number of hydrogen-bond acceptors (Lipinski definition) is 5. The Kier molecular flexibility index (Phi) is 5.23. The Bertz CT molecular complexity index is 937. The fourth-order valence-corrected chi connectivity index (χ4v) is 2.61. The number of aromatic hydroxyl groups is 1. The standard InChI is InChI=1S/C19H15ClFNO4/c1-2-25-17(24)10-15-18(14-9-12(20)5-8-16(14)23)26-19(22-15)11-3-6-13(21)7-4-11/h3-9,23H,2,10H2,1H3. The van der Waals surface area contributed by atoms with Crippen LogP contribution in [0.25, 0.3) is 22.8 Å². The second-order valence-corrected chi connectivity index (χ2v) is 5.88. The van der Waals surface area contributed by atoms with Crippen LogP contribution in [0.2, 0.25) is 5.02 Å². The number of ether oxygens (including phenoxy) is 1. The first-order valence-electron chi connectivity index (χ1n) is 7.88. The Morgan fingerprint density at radius 2 is 2.00 bits per heavy atom. The Morgan fingerprint density at radius 3 is 2.69 bits per heavy atom. The van der Waals surface area contributed by atoms with Crippen molar-refractivity contribution >= 4 is 17.6 Å². The van der Waals surface area contributed by atoms with Gasteiger partial charge in [0.05, 0.1) is 24.3 Å². The highest BCUT2D eigenvalue weighted by Gasteiger charge is 2.22. The number of halogens is 2. The maximum Gasteiger partial charge on any atom is 0.312 e. The van der Waals surface area contributed by atoms with Crippen LogP contribution in [0, 0.1) is 5.82 Å². The summed E-state index contributed by atoms with van der Waals surface area (Å²) in [5, 5.41) is 10.5. The molecule has 0 saturated heterocycles. The van der Waals surface area contributed by atoms with Crippen molar-refractivity contribution in [2.45, 2.75) is 13.3 Å². The molecule has 0 unspecified atom stereocenters. The molecule has 1 N–H and O–H groups in total. The lowest BCUT2D eigenvalue weighted by Crippen LogP contribution is -2.08. The monoisotopic (exact) mass is 375 g/mol. The van der Waals surface area contributed by atoms with Crippen molar-refractivity contribution in [3.8, 4) is 28.5 Å². The molecular formula is C19H15ClFNO4. The predicted octanol–water partition coefficient (Wildman–Crippen LogP) is 4.61. The van der Waals surface area contributed by atoms with Crippen LogP contribution in [-0.4, -0.2) is 22.7 Å². The molecule has 1 aromatic heterocycles. The summed E-state index contributed by atoms with van der Waals surface area (Å²) in [7, 11) is 0. The normalized spacial score (nSPS) is 10.7. The maximum atomic E-state index is 13.1. The number of carbonyl (C=O) groups excluding carboxylic acids is 1. The van der Waals surface area contributed by atoms with Crippen molar-refractivity contribution in [2.24, 2.45) is 0 Å². The van der Waals surface area contributed by atoms with Gasteiger partial charge in [0.2, 0.25) is 5.89 Å². The van der Waals surface area contributed by atoms with E-state index in [0.29, 0.717) is 21.8 Å². The number of hydrogen-bond donors (Lipinski definition) is 1. The van der Waals surface area contributed by atoms with Gasteiger partial charge in [-0.25, -0.2) is 9.37 Å². The molecule has 7 heteroatoms. The topological polar surface area (TPSA) is 72.6 Å². The van der Waals surface area contributed by atoms with Gasteiger partial charge in [0.1, 0.15) is 11.6 Å². The highest BCUT2D eigenvalue weighted by Crippen LogP contribution is 2.37. The highest BCUT2D eigenvalue weighted by atomic mass is 35.5. The van der Waals surface area contributed by atoms with Crippen LogP contribution < -0.4 is 0 Å². The van der Waals surface area contributed by atoms with Crippen LogP contribution in [-0.2, 0) is 16.0 Å². The minimum Gasteiger partial charge on any atom is -0.507 e. The van der Waals surface area contributed by atoms with Crippen molar-refractivity contribution in [2.75, 3.05) is 6.61 Å². The molecule has 0 radical (unpaired) electrons. The summed E-state index contributed by atoms with van der Waals surface area (Å²) in [6.45, 7) is 1.94. The summed E-state index contributed by atoms with van der Waals surface area (Å²) < 4.78 is 23.9. The number of phenolic OH excluding ortho intramolecular Hbond substituents is 1. The van der Waals surface area contributed by atoms with E-state index >= 15 is 0 Å². The number of esters is 1. The summed E-state index contributed by atoms with van der Waals surface area (Å²) in [6.07, 6.45) is -0.139. The second kappa shape index (κ2) is 7.58. The SMILES string of the molecule is CCOC(=O)Cc1nc(-c2ccc(F)cc2)oc1-c1cc(Cl)ccc1O. The van der Waals surface area contributed by atoms with Crippen molar-refractivity contribution in [1.82, 2.24) is 4.98 Å². The van der Waals surface area contributed by atoms with Gasteiger partial charge in [-0.15, -0.1) is 0 Å². The van der Waals surface area contributed by atoms with Gasteiger partial charge in [0, 0.05) is 10.6 Å². The average Bonchev–Trinajstić information content (AvgIpc) is 3.01. The third-order valence-corrected chi connectivity index (χ3v) is 3.84. The molecule has 0 spiro atoms. The van der Waals surface area contributed by atoms with Gasteiger partial charge >= 0.3 is 5.97 Å². The number of benzene rings is 2. The zero-order valence-corrected chi connectivity index (χ0v) is 14.6. The molecule has 0 amide bonds. The molecule has 134 valence electrons. The van der Waals surface area contributed by atoms with E-state index in [-0.39, 0.29) is 36.2 Å². The smallest absolute Gasteiger partial charge is 0.312 e. The lowest BCUT2D eigenvalue weighted by atomic mass is 10.1. The van der Waals surface area contributed by atoms with E-state index in [0.717, 1.165) is 0 Å². The van der Waals surface area contributed by atoms with Crippen LogP contribution in [0.1, 0.15) is 12.6 Å². The quantitative estimate of drug-likeness (QED) is 0.659. The van der Waals surface area contributed by atoms with E-state index in [2.05, 4.69) is 4.98 Å². The Hall–Kier alpha value is -2.86. The first-order valence-corrected chi connectivity index (χ1v) is 8.26. The molecule has 0 fully saturated rings. The molecule has 3 rings (SSSR count). The first-order chi connectivity index (χ1) is 12.5. The second-order valence-electron chi connectivity index (χ2n) is 5.44. The third-order valence-electron chi connectivity index (χ3n) is 3.61. The fourth-order valence-electron chi connectivity index (χ4n) is 2.44. The summed E-state index contributed by atoms with van der Waals surface area (Å²) in [6, 6.07) is 10.0. The summed E-state index contributed by atoms with van der Waals surface area (Å²) >= 11 is 6.01. The maximum absolute atomic E-state index is 13.1. The van der Waals surface area contributed by atoms with Gasteiger partial charge in [0.15, 0.2) is 5.76 Å². The molecule has 0 aliphatic heterocycles. The highest BCUT2D eigenvalue weighted by molar-refractivity contribution is 6.30. The molecule has 0 aliphatic rings. The zero-order chi connectivity index (χ0) is 18.7. The number of oxazole rings is 1. The molecule has 5 nitrogen and oxygen atoms in total. The first kappa shape index (κ1) is 17.9. The molecule has 0 aliphatic carbocycles. The van der Waals surface area contributed by atoms with E-state index in [9.17, 15) is 14.3 Å². The van der Waals surface area contributed by atoms with Crippen molar-refractivity contribution in [1.29, 1.82) is 0 Å². The van der Waals surface area contributed by atoms with Gasteiger partial charge in [-0.3, -0.25) is 4.79 Å². The number of aromatic nitrogens is 1. The molecule has 0 bridgehead atoms. The van der Waals surface area contributed by atoms with Gasteiger partial charge < -0.3 is 14.3 Å². The number of carbonyl (C=O) groups is 1. The Morgan fingerprint density at radius 1 is 1.27 bits per heavy atom. The summed E-state index contributed by atoms with van der Waals surface area (Å²) in [4.78, 5) is 16.2. The van der Waals surface area contributed by atoms with Gasteiger partial charge in [0.25, 0.3) is 0 Å². The predicted molar refractivity (Wildman–Crippen MR) is 94.3 cm³/mol. The number of rotatable bonds is 5. The van der Waals surface area contributed by atoms with Crippen molar-refractivity contribution < 1.29 is 23.4 Å². The molecule has 3 aromatic rings. The fraction of sp³-hybridized carbons (Fsp3) is 0.158. The van der Waals surface area contributed by atoms with E-state index in [1.54, 1.807) is 6.92 Å². The van der Waals surface area contributed by atoms with E-state index < -0.39 is 5.97 Å². The largest absolute Gasteiger partial charge is 0.507 e. The lowest BCUT2D eigenvalue weighted by Gasteiger charge is -2.04. The minimum absolute atomic E-state index is 0.0682. The van der Waals surface area contributed by atoms with Crippen LogP contribution >= 0.6 is 11.6 Å². The number of phenols is 1. The minimum atomic E-state index is -0.478. The molecule has 1 heterocycles. The zero-order valence-electron chi connectivity index (χ0n) is 13.8. The Balaban J connectivity index is 2.09. The lowest BCUT2D eigenvalue weighted by molar-refractivity contribution is -0.142. The van der Waals surface area contributed by atoms with Gasteiger partial charge in [-0.2, -0.15) is 0 Å². The molecule has 26 heavy (non-hydrogen) atoms. The molecule has 2 aromatic carbocycles. The van der Waals surface area contributed by atoms with Crippen molar-refractivity contribution in [3.05, 3.63) is 59.0 Å². The van der Waals surface area contributed by atoms with Crippen LogP contribution in [0.4, 0.5) is 4.39 Å². The third kappa shape index (κ3) is 3.86. The van der Waals surface area contributed by atoms with Gasteiger partial charge in [-0.05, 0) is 49.4 Å². The van der Waals surface area contributed by atoms with Crippen LogP contribution in [0.15, 0.2) is 46.9 Å². The van der Waals surface area contributed by atoms with Crippen LogP contribution in [0.3, 0.4) is 0 Å². The molecular weight excluding hydrogens is 361 g/mol. The van der Waals surface area contributed by atoms with E-state index in [1.807, 2.05) is 0 Å². The summed E-state index contributed by atoms with van der Waals surface area (Å²) in [5.74, 6) is -0.536. The molecule has 0 atom stereocenters. The Labute approximate surface area is 154 Å². The average molecular weight is 376 g/mol. The van der Waals surface area contributed by atoms with Crippen LogP contribution in [0.5, 0.6) is 5.75 Å². The van der Waals surface area contributed by atoms with E-state index in [1.165, 1.54) is 42.5 Å². The molecule has 0 saturated carbocycles. The van der Waals surface area contributed by atoms with E-state index in [4.69, 9.17) is 20.8 Å². The number of nitrogens with zero attached hydrogens (tertiary/aromatic N) is 1. The van der Waals surface area contributed by atoms with Crippen molar-refractivity contribution in [3.63, 3.8) is 0 Å². The summed E-state index contributed by atoms with van der Waals surface area (Å²) in [5.41, 5.74) is 1.13.